The van der Waals surface area contributed by atoms with Crippen LogP contribution in [0.15, 0.2) is 29.1 Å². The maximum atomic E-state index is 4.98. The third-order valence-electron chi connectivity index (χ3n) is 2.07. The highest BCUT2D eigenvalue weighted by Crippen LogP contribution is 2.15. The molecule has 0 fully saturated rings. The molecule has 0 spiro atoms. The molecule has 0 radical (unpaired) electrons. The molecular weight excluding hydrogens is 272 g/mol. The number of aromatic nitrogens is 4. The van der Waals surface area contributed by atoms with E-state index in [9.17, 15) is 0 Å². The number of hydrogen-bond donors (Lipinski definition) is 0. The van der Waals surface area contributed by atoms with Crippen molar-refractivity contribution in [3.05, 3.63) is 40.4 Å². The summed E-state index contributed by atoms with van der Waals surface area (Å²) in [6.07, 6.45) is 5.39. The minimum Gasteiger partial charge on any atom is -0.378 e. The van der Waals surface area contributed by atoms with Gasteiger partial charge in [-0.1, -0.05) is 5.21 Å². The SMILES string of the molecule is COCc1cn(Cc2ccncc2Br)nn1. The first kappa shape index (κ1) is 11.2. The lowest BCUT2D eigenvalue weighted by Crippen LogP contribution is -2.01. The fourth-order valence-corrected chi connectivity index (χ4v) is 1.71. The molecular formula is C10H11BrN4O. The number of nitrogens with zero attached hydrogens (tertiary/aromatic N) is 4. The van der Waals surface area contributed by atoms with Crippen molar-refractivity contribution in [3.63, 3.8) is 0 Å². The van der Waals surface area contributed by atoms with Crippen LogP contribution in [0.5, 0.6) is 0 Å². The van der Waals surface area contributed by atoms with Gasteiger partial charge in [-0.05, 0) is 27.6 Å². The van der Waals surface area contributed by atoms with E-state index in [1.807, 2.05) is 12.3 Å². The van der Waals surface area contributed by atoms with Gasteiger partial charge in [-0.2, -0.15) is 0 Å². The van der Waals surface area contributed by atoms with E-state index in [-0.39, 0.29) is 0 Å². The molecule has 2 aromatic rings. The molecule has 0 aliphatic heterocycles. The summed E-state index contributed by atoms with van der Waals surface area (Å²) in [4.78, 5) is 4.01. The Morgan fingerprint density at radius 1 is 1.50 bits per heavy atom. The first-order chi connectivity index (χ1) is 7.79. The van der Waals surface area contributed by atoms with Crippen LogP contribution in [-0.4, -0.2) is 27.1 Å². The predicted octanol–water partition coefficient (Wildman–Crippen LogP) is 1.63. The van der Waals surface area contributed by atoms with E-state index in [1.165, 1.54) is 0 Å². The number of halogens is 1. The second kappa shape index (κ2) is 5.18. The fourth-order valence-electron chi connectivity index (χ4n) is 1.34. The molecule has 84 valence electrons. The molecule has 6 heteroatoms. The molecule has 2 heterocycles. The zero-order valence-corrected chi connectivity index (χ0v) is 10.4. The van der Waals surface area contributed by atoms with E-state index < -0.39 is 0 Å². The van der Waals surface area contributed by atoms with E-state index in [2.05, 4.69) is 31.2 Å². The van der Waals surface area contributed by atoms with Crippen LogP contribution < -0.4 is 0 Å². The van der Waals surface area contributed by atoms with Crippen LogP contribution in [-0.2, 0) is 17.9 Å². The maximum absolute atomic E-state index is 4.98. The molecule has 0 bridgehead atoms. The molecule has 0 saturated heterocycles. The van der Waals surface area contributed by atoms with Crippen LogP contribution in [0, 0.1) is 0 Å². The van der Waals surface area contributed by atoms with Crippen LogP contribution in [0.1, 0.15) is 11.3 Å². The Morgan fingerprint density at radius 2 is 2.38 bits per heavy atom. The third kappa shape index (κ3) is 2.65. The molecule has 0 aromatic carbocycles. The Balaban J connectivity index is 2.11. The number of ether oxygens (including phenoxy) is 1. The van der Waals surface area contributed by atoms with Gasteiger partial charge in [0.15, 0.2) is 0 Å². The van der Waals surface area contributed by atoms with Gasteiger partial charge >= 0.3 is 0 Å². The Labute approximate surface area is 102 Å². The summed E-state index contributed by atoms with van der Waals surface area (Å²) in [6, 6.07) is 1.95. The second-order valence-electron chi connectivity index (χ2n) is 3.31. The van der Waals surface area contributed by atoms with Gasteiger partial charge in [0, 0.05) is 24.0 Å². The lowest BCUT2D eigenvalue weighted by molar-refractivity contribution is 0.181. The van der Waals surface area contributed by atoms with E-state index in [4.69, 9.17) is 4.74 Å². The molecule has 2 rings (SSSR count). The minimum absolute atomic E-state index is 0.484. The van der Waals surface area contributed by atoms with Gasteiger partial charge in [0.05, 0.1) is 19.3 Å². The molecule has 0 N–H and O–H groups in total. The van der Waals surface area contributed by atoms with Gasteiger partial charge in [-0.3, -0.25) is 4.98 Å². The minimum atomic E-state index is 0.484. The molecule has 0 aliphatic rings. The van der Waals surface area contributed by atoms with Crippen molar-refractivity contribution >= 4 is 15.9 Å². The Morgan fingerprint density at radius 3 is 3.12 bits per heavy atom. The molecule has 0 amide bonds. The first-order valence-corrected chi connectivity index (χ1v) is 5.55. The molecule has 2 aromatic heterocycles. The zero-order chi connectivity index (χ0) is 11.4. The monoisotopic (exact) mass is 282 g/mol. The normalized spacial score (nSPS) is 10.6. The molecule has 5 nitrogen and oxygen atoms in total. The number of hydrogen-bond acceptors (Lipinski definition) is 4. The van der Waals surface area contributed by atoms with E-state index >= 15 is 0 Å². The van der Waals surface area contributed by atoms with Crippen LogP contribution in [0.25, 0.3) is 0 Å². The predicted molar refractivity (Wildman–Crippen MR) is 61.8 cm³/mol. The van der Waals surface area contributed by atoms with Gasteiger partial charge < -0.3 is 4.74 Å². The van der Waals surface area contributed by atoms with Crippen molar-refractivity contribution in [2.45, 2.75) is 13.2 Å². The second-order valence-corrected chi connectivity index (χ2v) is 4.16. The van der Waals surface area contributed by atoms with E-state index in [0.717, 1.165) is 15.7 Å². The molecule has 0 unspecified atom stereocenters. The number of pyridine rings is 1. The zero-order valence-electron chi connectivity index (χ0n) is 8.80. The number of rotatable bonds is 4. The van der Waals surface area contributed by atoms with Crippen LogP contribution in [0.4, 0.5) is 0 Å². The van der Waals surface area contributed by atoms with Gasteiger partial charge in [0.1, 0.15) is 5.69 Å². The largest absolute Gasteiger partial charge is 0.378 e. The molecule has 0 aliphatic carbocycles. The summed E-state index contributed by atoms with van der Waals surface area (Å²) in [6.45, 7) is 1.15. The topological polar surface area (TPSA) is 52.8 Å². The summed E-state index contributed by atoms with van der Waals surface area (Å²) in [5, 5.41) is 8.01. The Hall–Kier alpha value is -1.27. The average molecular weight is 283 g/mol. The van der Waals surface area contributed by atoms with Crippen LogP contribution in [0.3, 0.4) is 0 Å². The van der Waals surface area contributed by atoms with Crippen molar-refractivity contribution in [1.82, 2.24) is 20.0 Å². The van der Waals surface area contributed by atoms with Gasteiger partial charge in [-0.25, -0.2) is 4.68 Å². The summed E-state index contributed by atoms with van der Waals surface area (Å²) in [5.74, 6) is 0. The third-order valence-corrected chi connectivity index (χ3v) is 2.78. The van der Waals surface area contributed by atoms with Crippen molar-refractivity contribution in [2.24, 2.45) is 0 Å². The highest BCUT2D eigenvalue weighted by molar-refractivity contribution is 9.10. The molecule has 0 saturated carbocycles. The molecule has 16 heavy (non-hydrogen) atoms. The first-order valence-electron chi connectivity index (χ1n) is 4.76. The van der Waals surface area contributed by atoms with E-state index in [1.54, 1.807) is 24.2 Å². The van der Waals surface area contributed by atoms with Crippen molar-refractivity contribution in [1.29, 1.82) is 0 Å². The standard InChI is InChI=1S/C10H11BrN4O/c1-16-7-9-6-15(14-13-9)5-8-2-3-12-4-10(8)11/h2-4,6H,5,7H2,1H3. The molecule has 0 atom stereocenters. The van der Waals surface area contributed by atoms with Crippen molar-refractivity contribution in [2.75, 3.05) is 7.11 Å². The Bertz CT molecular complexity index is 471. The lowest BCUT2D eigenvalue weighted by Gasteiger charge is -2.02. The number of methoxy groups -OCH3 is 1. The van der Waals surface area contributed by atoms with Crippen molar-refractivity contribution < 1.29 is 4.74 Å². The lowest BCUT2D eigenvalue weighted by atomic mass is 10.3. The fraction of sp³-hybridized carbons (Fsp3) is 0.300. The van der Waals surface area contributed by atoms with Gasteiger partial charge in [0.2, 0.25) is 0 Å². The van der Waals surface area contributed by atoms with E-state index in [0.29, 0.717) is 13.2 Å². The average Bonchev–Trinajstić information content (AvgIpc) is 2.70. The quantitative estimate of drug-likeness (QED) is 0.855. The van der Waals surface area contributed by atoms with Gasteiger partial charge in [0.25, 0.3) is 0 Å². The van der Waals surface area contributed by atoms with Crippen LogP contribution in [0.2, 0.25) is 0 Å². The van der Waals surface area contributed by atoms with Crippen molar-refractivity contribution in [3.8, 4) is 0 Å². The highest BCUT2D eigenvalue weighted by atomic mass is 79.9. The Kier molecular flexibility index (Phi) is 3.63. The summed E-state index contributed by atoms with van der Waals surface area (Å²) < 4.78 is 7.72. The van der Waals surface area contributed by atoms with Gasteiger partial charge in [-0.15, -0.1) is 5.10 Å². The summed E-state index contributed by atoms with van der Waals surface area (Å²) >= 11 is 3.44. The smallest absolute Gasteiger partial charge is 0.108 e. The highest BCUT2D eigenvalue weighted by Gasteiger charge is 2.03. The maximum Gasteiger partial charge on any atom is 0.108 e. The summed E-state index contributed by atoms with van der Waals surface area (Å²) in [7, 11) is 1.64. The van der Waals surface area contributed by atoms with Crippen LogP contribution >= 0.6 is 15.9 Å². The summed E-state index contributed by atoms with van der Waals surface area (Å²) in [5.41, 5.74) is 1.94.